The summed E-state index contributed by atoms with van der Waals surface area (Å²) in [6, 6.07) is 9.88. The molecular formula is C19H22N4O3. The second kappa shape index (κ2) is 8.44. The highest BCUT2D eigenvalue weighted by atomic mass is 16.5. The van der Waals surface area contributed by atoms with Gasteiger partial charge in [-0.3, -0.25) is 9.59 Å². The summed E-state index contributed by atoms with van der Waals surface area (Å²) in [4.78, 5) is 26.4. The third kappa shape index (κ3) is 4.80. The van der Waals surface area contributed by atoms with Crippen LogP contribution in [0.5, 0.6) is 0 Å². The zero-order valence-electron chi connectivity index (χ0n) is 14.5. The molecular weight excluding hydrogens is 332 g/mol. The molecule has 1 aromatic heterocycles. The molecule has 3 rings (SSSR count). The topological polar surface area (TPSA) is 106 Å². The Bertz CT molecular complexity index is 807. The Balaban J connectivity index is 1.52. The van der Waals surface area contributed by atoms with Crippen molar-refractivity contribution in [3.8, 4) is 11.1 Å². The SMILES string of the molecule is NC(=O)CCCOCCNc1cc(-c2ccc3c(c2)NC(=O)C3)ccn1. The van der Waals surface area contributed by atoms with E-state index in [0.717, 1.165) is 28.2 Å². The zero-order chi connectivity index (χ0) is 18.4. The van der Waals surface area contributed by atoms with Gasteiger partial charge in [-0.15, -0.1) is 0 Å². The number of benzene rings is 1. The average Bonchev–Trinajstić information content (AvgIpc) is 3.00. The molecule has 1 aromatic carbocycles. The first-order valence-electron chi connectivity index (χ1n) is 8.61. The molecule has 0 saturated carbocycles. The highest BCUT2D eigenvalue weighted by molar-refractivity contribution is 6.00. The fourth-order valence-corrected chi connectivity index (χ4v) is 2.80. The van der Waals surface area contributed by atoms with Crippen molar-refractivity contribution < 1.29 is 14.3 Å². The van der Waals surface area contributed by atoms with Gasteiger partial charge in [0.15, 0.2) is 0 Å². The maximum Gasteiger partial charge on any atom is 0.228 e. The van der Waals surface area contributed by atoms with Crippen LogP contribution in [0.4, 0.5) is 11.5 Å². The normalized spacial score (nSPS) is 12.5. The molecule has 4 N–H and O–H groups in total. The Morgan fingerprint density at radius 2 is 2.08 bits per heavy atom. The van der Waals surface area contributed by atoms with Gasteiger partial charge in [0.1, 0.15) is 5.82 Å². The van der Waals surface area contributed by atoms with Crippen molar-refractivity contribution in [3.63, 3.8) is 0 Å². The predicted octanol–water partition coefficient (Wildman–Crippen LogP) is 1.94. The lowest BCUT2D eigenvalue weighted by Gasteiger charge is -2.09. The standard InChI is InChI=1S/C19H22N4O3/c20-17(24)2-1-8-26-9-7-22-18-11-14(5-6-21-18)13-3-4-15-12-19(25)23-16(15)10-13/h3-6,10-11H,1-2,7-9,12H2,(H2,20,24)(H,21,22)(H,23,25). The van der Waals surface area contributed by atoms with Crippen LogP contribution in [-0.4, -0.2) is 36.6 Å². The number of hydrogen-bond donors (Lipinski definition) is 3. The number of primary amides is 1. The molecule has 1 aliphatic heterocycles. The van der Waals surface area contributed by atoms with E-state index in [4.69, 9.17) is 10.5 Å². The van der Waals surface area contributed by atoms with Crippen molar-refractivity contribution in [1.29, 1.82) is 0 Å². The van der Waals surface area contributed by atoms with Crippen LogP contribution < -0.4 is 16.4 Å². The second-order valence-electron chi connectivity index (χ2n) is 6.14. The van der Waals surface area contributed by atoms with Gasteiger partial charge >= 0.3 is 0 Å². The molecule has 0 spiro atoms. The monoisotopic (exact) mass is 354 g/mol. The minimum absolute atomic E-state index is 0.0325. The van der Waals surface area contributed by atoms with E-state index in [9.17, 15) is 9.59 Å². The highest BCUT2D eigenvalue weighted by Gasteiger charge is 2.17. The minimum Gasteiger partial charge on any atom is -0.380 e. The Hall–Kier alpha value is -2.93. The van der Waals surface area contributed by atoms with Crippen LogP contribution in [0, 0.1) is 0 Å². The Morgan fingerprint density at radius 1 is 1.23 bits per heavy atom. The van der Waals surface area contributed by atoms with E-state index in [1.807, 2.05) is 30.3 Å². The maximum atomic E-state index is 11.5. The van der Waals surface area contributed by atoms with E-state index in [1.54, 1.807) is 6.20 Å². The Kier molecular flexibility index (Phi) is 5.80. The maximum absolute atomic E-state index is 11.5. The lowest BCUT2D eigenvalue weighted by molar-refractivity contribution is -0.118. The first-order valence-corrected chi connectivity index (χ1v) is 8.61. The summed E-state index contributed by atoms with van der Waals surface area (Å²) in [5.41, 5.74) is 9.03. The largest absolute Gasteiger partial charge is 0.380 e. The quantitative estimate of drug-likeness (QED) is 0.597. The number of ether oxygens (including phenoxy) is 1. The molecule has 0 bridgehead atoms. The highest BCUT2D eigenvalue weighted by Crippen LogP contribution is 2.29. The van der Waals surface area contributed by atoms with E-state index in [0.29, 0.717) is 39.0 Å². The minimum atomic E-state index is -0.307. The first-order chi connectivity index (χ1) is 12.6. The van der Waals surface area contributed by atoms with Crippen molar-refractivity contribution in [3.05, 3.63) is 42.1 Å². The van der Waals surface area contributed by atoms with E-state index >= 15 is 0 Å². The summed E-state index contributed by atoms with van der Waals surface area (Å²) >= 11 is 0. The molecule has 2 heterocycles. The molecule has 2 aromatic rings. The van der Waals surface area contributed by atoms with Crippen LogP contribution in [0.2, 0.25) is 0 Å². The zero-order valence-corrected chi connectivity index (χ0v) is 14.5. The summed E-state index contributed by atoms with van der Waals surface area (Å²) in [5.74, 6) is 0.483. The number of anilines is 2. The van der Waals surface area contributed by atoms with Gasteiger partial charge in [0.2, 0.25) is 11.8 Å². The fourth-order valence-electron chi connectivity index (χ4n) is 2.80. The molecule has 0 aliphatic carbocycles. The van der Waals surface area contributed by atoms with Crippen molar-refractivity contribution in [2.24, 2.45) is 5.73 Å². The summed E-state index contributed by atoms with van der Waals surface area (Å²) in [6.45, 7) is 1.65. The van der Waals surface area contributed by atoms with E-state index in [1.165, 1.54) is 0 Å². The molecule has 7 heteroatoms. The van der Waals surface area contributed by atoms with Crippen molar-refractivity contribution in [1.82, 2.24) is 4.98 Å². The molecule has 2 amide bonds. The van der Waals surface area contributed by atoms with E-state index in [2.05, 4.69) is 15.6 Å². The van der Waals surface area contributed by atoms with Crippen LogP contribution in [0.1, 0.15) is 18.4 Å². The number of carbonyl (C=O) groups is 2. The van der Waals surface area contributed by atoms with Crippen LogP contribution in [-0.2, 0) is 20.7 Å². The van der Waals surface area contributed by atoms with Gasteiger partial charge in [-0.05, 0) is 41.3 Å². The Labute approximate surface area is 151 Å². The number of pyridine rings is 1. The number of hydrogen-bond acceptors (Lipinski definition) is 5. The number of amides is 2. The van der Waals surface area contributed by atoms with Crippen molar-refractivity contribution in [2.45, 2.75) is 19.3 Å². The molecule has 1 aliphatic rings. The number of nitrogens with two attached hydrogens (primary N) is 1. The van der Waals surface area contributed by atoms with Gasteiger partial charge in [-0.25, -0.2) is 4.98 Å². The summed E-state index contributed by atoms with van der Waals surface area (Å²) in [5, 5.41) is 6.09. The van der Waals surface area contributed by atoms with Gasteiger partial charge in [0.25, 0.3) is 0 Å². The molecule has 136 valence electrons. The van der Waals surface area contributed by atoms with Crippen LogP contribution >= 0.6 is 0 Å². The summed E-state index contributed by atoms with van der Waals surface area (Å²) in [7, 11) is 0. The lowest BCUT2D eigenvalue weighted by Crippen LogP contribution is -2.13. The Morgan fingerprint density at radius 3 is 2.92 bits per heavy atom. The second-order valence-corrected chi connectivity index (χ2v) is 6.14. The number of nitrogens with one attached hydrogen (secondary N) is 2. The van der Waals surface area contributed by atoms with Crippen LogP contribution in [0.25, 0.3) is 11.1 Å². The summed E-state index contributed by atoms with van der Waals surface area (Å²) in [6.07, 6.45) is 3.17. The molecule has 0 saturated heterocycles. The fraction of sp³-hybridized carbons (Fsp3) is 0.316. The molecule has 0 fully saturated rings. The van der Waals surface area contributed by atoms with E-state index < -0.39 is 0 Å². The number of nitrogens with zero attached hydrogens (tertiary/aromatic N) is 1. The van der Waals surface area contributed by atoms with E-state index in [-0.39, 0.29) is 11.8 Å². The van der Waals surface area contributed by atoms with Gasteiger partial charge in [0, 0.05) is 31.5 Å². The van der Waals surface area contributed by atoms with Gasteiger partial charge < -0.3 is 21.1 Å². The molecule has 0 radical (unpaired) electrons. The smallest absolute Gasteiger partial charge is 0.228 e. The van der Waals surface area contributed by atoms with Gasteiger partial charge in [-0.2, -0.15) is 0 Å². The molecule has 0 atom stereocenters. The van der Waals surface area contributed by atoms with Gasteiger partial charge in [-0.1, -0.05) is 12.1 Å². The number of aromatic nitrogens is 1. The third-order valence-corrected chi connectivity index (χ3v) is 4.09. The molecule has 26 heavy (non-hydrogen) atoms. The van der Waals surface area contributed by atoms with Crippen molar-refractivity contribution >= 4 is 23.3 Å². The number of fused-ring (bicyclic) bond motifs is 1. The predicted molar refractivity (Wildman–Crippen MR) is 99.7 cm³/mol. The first kappa shape index (κ1) is 17.9. The average molecular weight is 354 g/mol. The third-order valence-electron chi connectivity index (χ3n) is 4.09. The number of rotatable bonds is 9. The lowest BCUT2D eigenvalue weighted by atomic mass is 10.0. The van der Waals surface area contributed by atoms with Gasteiger partial charge in [0.05, 0.1) is 13.0 Å². The molecule has 0 unspecified atom stereocenters. The van der Waals surface area contributed by atoms with Crippen LogP contribution in [0.3, 0.4) is 0 Å². The summed E-state index contributed by atoms with van der Waals surface area (Å²) < 4.78 is 5.44. The molecule has 7 nitrogen and oxygen atoms in total. The van der Waals surface area contributed by atoms with Crippen LogP contribution in [0.15, 0.2) is 36.5 Å². The van der Waals surface area contributed by atoms with Crippen molar-refractivity contribution in [2.75, 3.05) is 30.4 Å². The number of carbonyl (C=O) groups excluding carboxylic acids is 2.